The van der Waals surface area contributed by atoms with Gasteiger partial charge in [-0.05, 0) is 64.1 Å². The Morgan fingerprint density at radius 1 is 0.469 bits per heavy atom. The number of hydrogen-bond donors (Lipinski definition) is 3. The monoisotopic (exact) mass is 1280 g/mol. The van der Waals surface area contributed by atoms with Gasteiger partial charge in [0.1, 0.15) is 17.2 Å². The third kappa shape index (κ3) is 65.7. The molecule has 0 atom stereocenters. The number of aryl methyl sites for hydroxylation is 4. The molecule has 0 bridgehead atoms. The van der Waals surface area contributed by atoms with Crippen LogP contribution in [-0.4, -0.2) is 61.4 Å². The topological polar surface area (TPSA) is 83.8 Å². The van der Waals surface area contributed by atoms with Gasteiger partial charge in [0, 0.05) is 0 Å². The molecule has 4 aromatic carbocycles. The fourth-order valence-electron chi connectivity index (χ4n) is 2.17. The van der Waals surface area contributed by atoms with Gasteiger partial charge in [-0.1, -0.05) is 90.3 Å². The van der Waals surface area contributed by atoms with E-state index in [0.29, 0.717) is 17.2 Å². The van der Waals surface area contributed by atoms with E-state index in [0.717, 1.165) is 5.56 Å². The minimum Gasteiger partial charge on any atom is -1.00 e. The second-order valence-electron chi connectivity index (χ2n) is 8.54. The summed E-state index contributed by atoms with van der Waals surface area (Å²) in [7, 11) is 45.1. The molecule has 4 nitrogen and oxygen atoms in total. The molecule has 0 radical (unpaired) electrons. The molecule has 3 N–H and O–H groups in total. The fourth-order valence-corrected chi connectivity index (χ4v) is 2.17. The van der Waals surface area contributed by atoms with Crippen molar-refractivity contribution >= 4 is 140 Å². The standard InChI is InChI=1S/4C7H8O.CH4.12ClH.2Mg.2W.H/c4*1-6-2-4-7(8)5-3-6;;;;;;;;;;;;;;;;;;/h4*2-5,8H,1H3;1H4;12*1H;;;;;/q;;;;;;;;;;;;;;;;;2*+2;+4;+6;-1/p-13. The first-order valence-corrected chi connectivity index (χ1v) is 48.1. The summed E-state index contributed by atoms with van der Waals surface area (Å²) >= 11 is -3.28. The molecule has 276 valence electrons. The molecule has 49 heavy (non-hydrogen) atoms. The first kappa shape index (κ1) is 66.3. The maximum Gasteiger partial charge on any atom is 2.00 e. The summed E-state index contributed by atoms with van der Waals surface area (Å²) in [6.45, 7) is 7.91. The first-order chi connectivity index (χ1) is 19.6. The van der Waals surface area contributed by atoms with Crippen LogP contribution in [0.25, 0.3) is 0 Å². The van der Waals surface area contributed by atoms with Gasteiger partial charge in [-0.15, -0.1) is 5.75 Å². The maximum absolute atomic E-state index is 10.4. The average molecular weight is 1290 g/mol. The summed E-state index contributed by atoms with van der Waals surface area (Å²) in [6, 6.07) is 28.0. The van der Waals surface area contributed by atoms with Gasteiger partial charge in [0.25, 0.3) is 0 Å². The van der Waals surface area contributed by atoms with E-state index in [-0.39, 0.29) is 85.5 Å². The minimum atomic E-state index is -5.47. The zero-order valence-electron chi connectivity index (χ0n) is 26.8. The van der Waals surface area contributed by atoms with E-state index in [1.165, 1.54) is 16.7 Å². The molecule has 0 fully saturated rings. The van der Waals surface area contributed by atoms with Crippen molar-refractivity contribution in [3.63, 3.8) is 0 Å². The van der Waals surface area contributed by atoms with Crippen LogP contribution in [0.5, 0.6) is 23.0 Å². The Labute approximate surface area is 377 Å². The molecule has 20 heteroatoms. The Morgan fingerprint density at radius 3 is 0.694 bits per heavy atom. The maximum atomic E-state index is 10.4. The van der Waals surface area contributed by atoms with Crippen molar-refractivity contribution in [1.82, 2.24) is 0 Å². The van der Waals surface area contributed by atoms with E-state index in [9.17, 15) is 5.11 Å². The van der Waals surface area contributed by atoms with Crippen molar-refractivity contribution in [3.05, 3.63) is 119 Å². The summed E-state index contributed by atoms with van der Waals surface area (Å²) in [5, 5.41) is 36.7. The van der Waals surface area contributed by atoms with Crippen molar-refractivity contribution < 1.29 is 65.9 Å². The predicted octanol–water partition coefficient (Wildman–Crippen LogP) is 7.06. The van der Waals surface area contributed by atoms with E-state index in [4.69, 9.17) is 110 Å². The van der Waals surface area contributed by atoms with Crippen molar-refractivity contribution in [1.29, 1.82) is 0 Å². The number of phenolic OH excluding ortho intramolecular Hbond substituents is 3. The molecule has 0 unspecified atom stereocenters. The van der Waals surface area contributed by atoms with E-state index in [1.807, 2.05) is 76.2 Å². The van der Waals surface area contributed by atoms with Crippen LogP contribution in [0.15, 0.2) is 97.1 Å². The van der Waals surface area contributed by atoms with Crippen molar-refractivity contribution in [2.75, 3.05) is 0 Å². The molecule has 4 aromatic rings. The number of halogens is 12. The Bertz CT molecular complexity index is 1080. The van der Waals surface area contributed by atoms with Crippen molar-refractivity contribution in [2.24, 2.45) is 0 Å². The van der Waals surface area contributed by atoms with Crippen molar-refractivity contribution in [2.45, 2.75) is 35.1 Å². The molecule has 0 aromatic heterocycles. The van der Waals surface area contributed by atoms with Crippen LogP contribution in [0.2, 0.25) is 0 Å². The van der Waals surface area contributed by atoms with E-state index in [1.54, 1.807) is 48.5 Å². The predicted molar refractivity (Wildman–Crippen MR) is 207 cm³/mol. The zero-order valence-corrected chi connectivity index (χ0v) is 43.5. The first-order valence-electron chi connectivity index (χ1n) is 11.7. The van der Waals surface area contributed by atoms with Gasteiger partial charge in [-0.25, -0.2) is 0 Å². The largest absolute Gasteiger partial charge is 2.00 e. The molecule has 4 rings (SSSR count). The number of benzene rings is 4. The third-order valence-electron chi connectivity index (χ3n) is 4.12. The quantitative estimate of drug-likeness (QED) is 0.165. The SMILES string of the molecule is C.Cc1ccc(O)cc1.Cc1ccc(O)cc1.Cc1ccc(O)cc1.Cc1ccc([O-])cc1.[Cl-].[Cl-].[Cl][W]([Cl])([Cl])([Cl])([Cl])[Cl].[Cl][W]([Cl])([Cl])[Cl].[H-].[Mg+2].[Mg+2]. The van der Waals surface area contributed by atoms with E-state index in [2.05, 4.69) is 0 Å². The summed E-state index contributed by atoms with van der Waals surface area (Å²) in [4.78, 5) is 0. The molecule has 0 spiro atoms. The van der Waals surface area contributed by atoms with Gasteiger partial charge in [-0.2, -0.15) is 0 Å². The van der Waals surface area contributed by atoms with Gasteiger partial charge in [0.05, 0.1) is 0 Å². The minimum absolute atomic E-state index is 0. The van der Waals surface area contributed by atoms with E-state index < -0.39 is 19.2 Å². The van der Waals surface area contributed by atoms with Gasteiger partial charge in [0.15, 0.2) is 0 Å². The molecule has 0 saturated carbocycles. The summed E-state index contributed by atoms with van der Waals surface area (Å²) in [5.41, 5.74) is 4.64. The third-order valence-corrected chi connectivity index (χ3v) is 4.12. The molecule has 0 aliphatic carbocycles. The van der Waals surface area contributed by atoms with Gasteiger partial charge >= 0.3 is 159 Å². The Balaban J connectivity index is -0.0000000693. The second kappa shape index (κ2) is 30.7. The Hall–Kier alpha value is 2.47. The number of phenols is 3. The normalized spacial score (nSPS) is 10.8. The molecule has 0 heterocycles. The smallest absolute Gasteiger partial charge is 1.00 e. The number of hydrogen-bond acceptors (Lipinski definition) is 4. The van der Waals surface area contributed by atoms with Crippen LogP contribution in [-0.2, 0) is 19.2 Å². The van der Waals surface area contributed by atoms with Crippen LogP contribution in [0.1, 0.15) is 31.1 Å². The molecular formula is C29H36Cl12Mg2O4W2. The molecular weight excluding hydrogens is 1250 g/mol. The Morgan fingerprint density at radius 2 is 0.592 bits per heavy atom. The molecule has 0 amide bonds. The summed E-state index contributed by atoms with van der Waals surface area (Å²) < 4.78 is 0. The van der Waals surface area contributed by atoms with Crippen molar-refractivity contribution in [3.8, 4) is 23.0 Å². The summed E-state index contributed by atoms with van der Waals surface area (Å²) in [6.07, 6.45) is 0. The van der Waals surface area contributed by atoms with Crippen LogP contribution < -0.4 is 29.9 Å². The molecule has 0 saturated heterocycles. The van der Waals surface area contributed by atoms with Gasteiger partial charge in [0.2, 0.25) is 0 Å². The average Bonchev–Trinajstić information content (AvgIpc) is 2.85. The van der Waals surface area contributed by atoms with Crippen LogP contribution in [0.3, 0.4) is 0 Å². The second-order valence-corrected chi connectivity index (χ2v) is 97.5. The molecule has 0 aliphatic heterocycles. The van der Waals surface area contributed by atoms with Gasteiger partial charge < -0.3 is 46.7 Å². The summed E-state index contributed by atoms with van der Waals surface area (Å²) in [5.74, 6) is 1.07. The number of aromatic hydroxyl groups is 3. The number of rotatable bonds is 0. The van der Waals surface area contributed by atoms with E-state index >= 15 is 0 Å². The van der Waals surface area contributed by atoms with Gasteiger partial charge in [-0.3, -0.25) is 0 Å². The molecule has 0 aliphatic rings. The van der Waals surface area contributed by atoms with Crippen LogP contribution in [0, 0.1) is 27.7 Å². The van der Waals surface area contributed by atoms with Crippen LogP contribution in [0.4, 0.5) is 0 Å². The van der Waals surface area contributed by atoms with Crippen LogP contribution >= 0.6 is 94.2 Å². The zero-order chi connectivity index (χ0) is 34.8. The fraction of sp³-hybridized carbons (Fsp3) is 0.172. The Kier molecular flexibility index (Phi) is 41.5.